The van der Waals surface area contributed by atoms with Crippen LogP contribution in [0.5, 0.6) is 0 Å². The van der Waals surface area contributed by atoms with Crippen LogP contribution in [-0.4, -0.2) is 12.1 Å². The quantitative estimate of drug-likeness (QED) is 0.284. The van der Waals surface area contributed by atoms with Crippen LogP contribution in [0.4, 0.5) is 0 Å². The van der Waals surface area contributed by atoms with Gasteiger partial charge in [0, 0.05) is 12.3 Å². The van der Waals surface area contributed by atoms with E-state index in [1.165, 1.54) is 63.4 Å². The van der Waals surface area contributed by atoms with Crippen molar-refractivity contribution >= 4 is 5.97 Å². The van der Waals surface area contributed by atoms with E-state index < -0.39 is 0 Å². The second-order valence-electron chi connectivity index (χ2n) is 15.3. The second-order valence-corrected chi connectivity index (χ2v) is 15.3. The van der Waals surface area contributed by atoms with Crippen molar-refractivity contribution in [1.82, 2.24) is 0 Å². The molecule has 34 heavy (non-hydrogen) atoms. The van der Waals surface area contributed by atoms with Gasteiger partial charge in [-0.1, -0.05) is 60.6 Å². The van der Waals surface area contributed by atoms with Crippen molar-refractivity contribution < 1.29 is 9.53 Å². The molecule has 5 fully saturated rings. The smallest absolute Gasteiger partial charge is 0.302 e. The number of rotatable bonds is 1. The molecule has 0 aromatic heterocycles. The third-order valence-electron chi connectivity index (χ3n) is 13.8. The zero-order valence-corrected chi connectivity index (χ0v) is 23.6. The van der Waals surface area contributed by atoms with Crippen LogP contribution in [0.15, 0.2) is 12.2 Å². The minimum absolute atomic E-state index is 0.0541. The van der Waals surface area contributed by atoms with Crippen molar-refractivity contribution in [2.45, 2.75) is 126 Å². The number of fused-ring (bicyclic) bond motifs is 7. The van der Waals surface area contributed by atoms with E-state index in [0.717, 1.165) is 24.2 Å². The first-order chi connectivity index (χ1) is 15.7. The molecule has 0 spiro atoms. The highest BCUT2D eigenvalue weighted by molar-refractivity contribution is 5.66. The normalized spacial score (nSPS) is 54.2. The monoisotopic (exact) mass is 468 g/mol. The fraction of sp³-hybridized carbons (Fsp3) is 0.906. The van der Waals surface area contributed by atoms with Crippen LogP contribution in [0.1, 0.15) is 120 Å². The maximum atomic E-state index is 11.9. The molecule has 2 heteroatoms. The molecule has 5 aliphatic carbocycles. The van der Waals surface area contributed by atoms with E-state index in [4.69, 9.17) is 4.74 Å². The number of allylic oxidation sites excluding steroid dienone is 1. The third-order valence-corrected chi connectivity index (χ3v) is 13.8. The summed E-state index contributed by atoms with van der Waals surface area (Å²) in [5.41, 5.74) is 3.28. The van der Waals surface area contributed by atoms with Crippen LogP contribution < -0.4 is 0 Å². The minimum atomic E-state index is -0.108. The second kappa shape index (κ2) is 7.61. The van der Waals surface area contributed by atoms with Crippen LogP contribution in [0.3, 0.4) is 0 Å². The lowest BCUT2D eigenvalue weighted by Gasteiger charge is -2.73. The van der Waals surface area contributed by atoms with Crippen molar-refractivity contribution in [2.24, 2.45) is 56.7 Å². The highest BCUT2D eigenvalue weighted by Gasteiger charge is 2.70. The van der Waals surface area contributed by atoms with E-state index in [-0.39, 0.29) is 17.5 Å². The molecule has 5 aliphatic rings. The molecule has 5 rings (SSSR count). The maximum Gasteiger partial charge on any atom is 0.302 e. The highest BCUT2D eigenvalue weighted by Crippen LogP contribution is 2.77. The van der Waals surface area contributed by atoms with Crippen molar-refractivity contribution in [3.8, 4) is 0 Å². The average Bonchev–Trinajstić information content (AvgIpc) is 2.74. The van der Waals surface area contributed by atoms with Gasteiger partial charge in [0.25, 0.3) is 0 Å². The fourth-order valence-electron chi connectivity index (χ4n) is 11.8. The molecule has 192 valence electrons. The van der Waals surface area contributed by atoms with E-state index in [1.807, 2.05) is 0 Å². The summed E-state index contributed by atoms with van der Waals surface area (Å²) in [6.07, 6.45) is 13.2. The molecule has 0 radical (unpaired) electrons. The Balaban J connectivity index is 1.50. The number of hydrogen-bond donors (Lipinski definition) is 0. The van der Waals surface area contributed by atoms with Crippen molar-refractivity contribution in [2.75, 3.05) is 0 Å². The van der Waals surface area contributed by atoms with Gasteiger partial charge in [-0.2, -0.15) is 0 Å². The first-order valence-corrected chi connectivity index (χ1v) is 14.6. The van der Waals surface area contributed by atoms with Crippen LogP contribution in [-0.2, 0) is 9.53 Å². The van der Waals surface area contributed by atoms with Gasteiger partial charge < -0.3 is 4.74 Å². The zero-order chi connectivity index (χ0) is 24.9. The summed E-state index contributed by atoms with van der Waals surface area (Å²) >= 11 is 0. The first-order valence-electron chi connectivity index (χ1n) is 14.6. The van der Waals surface area contributed by atoms with E-state index >= 15 is 0 Å². The predicted octanol–water partition coefficient (Wildman–Crippen LogP) is 8.60. The number of carbonyl (C=O) groups is 1. The summed E-state index contributed by atoms with van der Waals surface area (Å²) in [6, 6.07) is 0. The van der Waals surface area contributed by atoms with Crippen LogP contribution >= 0.6 is 0 Å². The summed E-state index contributed by atoms with van der Waals surface area (Å²) in [6.45, 7) is 24.2. The Labute approximate surface area is 210 Å². The van der Waals surface area contributed by atoms with Gasteiger partial charge >= 0.3 is 5.97 Å². The zero-order valence-electron chi connectivity index (χ0n) is 23.6. The summed E-state index contributed by atoms with van der Waals surface area (Å²) < 4.78 is 5.91. The number of ether oxygens (including phenoxy) is 1. The minimum Gasteiger partial charge on any atom is -0.462 e. The Kier molecular flexibility index (Phi) is 5.57. The predicted molar refractivity (Wildman–Crippen MR) is 140 cm³/mol. The molecule has 0 heterocycles. The lowest BCUT2D eigenvalue weighted by atomic mass is 9.31. The van der Waals surface area contributed by atoms with Crippen molar-refractivity contribution in [3.63, 3.8) is 0 Å². The van der Waals surface area contributed by atoms with E-state index in [1.54, 1.807) is 6.92 Å². The lowest BCUT2D eigenvalue weighted by Crippen LogP contribution is -2.67. The van der Waals surface area contributed by atoms with Gasteiger partial charge in [-0.25, -0.2) is 0 Å². The molecular formula is C32H52O2. The van der Waals surface area contributed by atoms with E-state index in [9.17, 15) is 4.79 Å². The SMILES string of the molecule is C=C1CC[C@]2(C)CC[C@]3(C)[C@H](CC[C@@H]4[C@@]5(C)CCC(OC(C)=O)C(C)(C)[C@@H]5CC[C@]43C)C2C1C. The van der Waals surface area contributed by atoms with Crippen LogP contribution in [0.2, 0.25) is 0 Å². The summed E-state index contributed by atoms with van der Waals surface area (Å²) in [7, 11) is 0. The highest BCUT2D eigenvalue weighted by atomic mass is 16.5. The molecule has 5 saturated carbocycles. The Hall–Kier alpha value is -0.790. The first kappa shape index (κ1) is 24.9. The molecule has 10 atom stereocenters. The number of esters is 1. The Morgan fingerprint density at radius 3 is 2.24 bits per heavy atom. The molecule has 0 aromatic carbocycles. The molecule has 0 aromatic rings. The van der Waals surface area contributed by atoms with Crippen LogP contribution in [0, 0.1) is 56.7 Å². The van der Waals surface area contributed by atoms with Gasteiger partial charge in [0.2, 0.25) is 0 Å². The average molecular weight is 469 g/mol. The summed E-state index contributed by atoms with van der Waals surface area (Å²) in [5, 5.41) is 0. The molecule has 0 N–H and O–H groups in total. The largest absolute Gasteiger partial charge is 0.462 e. The Bertz CT molecular complexity index is 872. The molecule has 3 unspecified atom stereocenters. The molecular weight excluding hydrogens is 416 g/mol. The summed E-state index contributed by atoms with van der Waals surface area (Å²) in [4.78, 5) is 11.9. The number of carbonyl (C=O) groups excluding carboxylic acids is 1. The number of hydrogen-bond acceptors (Lipinski definition) is 2. The van der Waals surface area contributed by atoms with Gasteiger partial charge in [-0.3, -0.25) is 4.79 Å². The van der Waals surface area contributed by atoms with Crippen molar-refractivity contribution in [3.05, 3.63) is 12.2 Å². The maximum absolute atomic E-state index is 11.9. The van der Waals surface area contributed by atoms with E-state index in [0.29, 0.717) is 33.5 Å². The molecule has 0 saturated heterocycles. The van der Waals surface area contributed by atoms with Crippen LogP contribution in [0.25, 0.3) is 0 Å². The van der Waals surface area contributed by atoms with E-state index in [2.05, 4.69) is 55.0 Å². The van der Waals surface area contributed by atoms with Gasteiger partial charge in [0.1, 0.15) is 6.10 Å². The van der Waals surface area contributed by atoms with Crippen molar-refractivity contribution in [1.29, 1.82) is 0 Å². The Morgan fingerprint density at radius 1 is 0.853 bits per heavy atom. The fourth-order valence-corrected chi connectivity index (χ4v) is 11.8. The van der Waals surface area contributed by atoms with Gasteiger partial charge in [0.05, 0.1) is 0 Å². The molecule has 0 aliphatic heterocycles. The standard InChI is InChI=1S/C32H52O2/c1-20-12-15-29(6)18-19-31(8)23(27(29)21(20)2)10-11-25-30(7)16-14-26(34-22(3)33)28(4,5)24(30)13-17-32(25,31)9/h21,23-27H,1,10-19H2,2-9H3/t21?,23-,24+,25-,26?,27?,29-,30+,31-,32-/m1/s1. The lowest BCUT2D eigenvalue weighted by molar-refractivity contribution is -0.253. The Morgan fingerprint density at radius 2 is 1.56 bits per heavy atom. The van der Waals surface area contributed by atoms with Gasteiger partial charge in [-0.05, 0) is 115 Å². The molecule has 0 amide bonds. The van der Waals surface area contributed by atoms with Gasteiger partial charge in [0.15, 0.2) is 0 Å². The summed E-state index contributed by atoms with van der Waals surface area (Å²) in [5.74, 6) is 3.64. The topological polar surface area (TPSA) is 26.3 Å². The molecule has 0 bridgehead atoms. The van der Waals surface area contributed by atoms with Gasteiger partial charge in [-0.15, -0.1) is 0 Å². The third kappa shape index (κ3) is 3.08. The molecule has 2 nitrogen and oxygen atoms in total.